The molecular weight excluding hydrogens is 380 g/mol. The number of hydrogen-bond donors (Lipinski definition) is 1. The molecule has 25 heavy (non-hydrogen) atoms. The van der Waals surface area contributed by atoms with Crippen molar-refractivity contribution in [1.82, 2.24) is 0 Å². The molecule has 2 aromatic rings. The van der Waals surface area contributed by atoms with Gasteiger partial charge in [0.15, 0.2) is 0 Å². The van der Waals surface area contributed by atoms with Crippen LogP contribution in [0.25, 0.3) is 0 Å². The molecule has 1 aliphatic heterocycles. The fraction of sp³-hybridized carbons (Fsp3) is 0.300. The van der Waals surface area contributed by atoms with Gasteiger partial charge < -0.3 is 10.2 Å². The van der Waals surface area contributed by atoms with Gasteiger partial charge in [-0.1, -0.05) is 28.1 Å². The molecule has 0 spiro atoms. The number of amides is 2. The summed E-state index contributed by atoms with van der Waals surface area (Å²) in [6.45, 7) is 6.35. The van der Waals surface area contributed by atoms with Gasteiger partial charge in [0.25, 0.3) is 0 Å². The Kier molecular flexibility index (Phi) is 4.95. The molecule has 0 bridgehead atoms. The first kappa shape index (κ1) is 17.7. The smallest absolute Gasteiger partial charge is 0.229 e. The predicted molar refractivity (Wildman–Crippen MR) is 104 cm³/mol. The summed E-state index contributed by atoms with van der Waals surface area (Å²) in [5.74, 6) is -0.445. The first-order valence-corrected chi connectivity index (χ1v) is 9.09. The lowest BCUT2D eigenvalue weighted by Gasteiger charge is -2.17. The summed E-state index contributed by atoms with van der Waals surface area (Å²) in [5.41, 5.74) is 4.80. The van der Waals surface area contributed by atoms with Gasteiger partial charge in [-0.3, -0.25) is 9.59 Å². The highest BCUT2D eigenvalue weighted by Gasteiger charge is 2.35. The fourth-order valence-electron chi connectivity index (χ4n) is 3.08. The van der Waals surface area contributed by atoms with Gasteiger partial charge in [-0.05, 0) is 61.7 Å². The van der Waals surface area contributed by atoms with Crippen LogP contribution in [0.1, 0.15) is 23.1 Å². The molecule has 1 N–H and O–H groups in total. The van der Waals surface area contributed by atoms with Crippen molar-refractivity contribution in [3.63, 3.8) is 0 Å². The number of nitrogens with zero attached hydrogens (tertiary/aromatic N) is 1. The Morgan fingerprint density at radius 1 is 1.16 bits per heavy atom. The second-order valence-electron chi connectivity index (χ2n) is 6.65. The normalized spacial score (nSPS) is 17.0. The van der Waals surface area contributed by atoms with Crippen LogP contribution in [0.3, 0.4) is 0 Å². The van der Waals surface area contributed by atoms with Crippen LogP contribution >= 0.6 is 15.9 Å². The number of hydrogen-bond acceptors (Lipinski definition) is 2. The van der Waals surface area contributed by atoms with E-state index in [1.807, 2.05) is 57.2 Å². The van der Waals surface area contributed by atoms with Crippen LogP contribution in [0, 0.1) is 26.7 Å². The van der Waals surface area contributed by atoms with Gasteiger partial charge in [-0.25, -0.2) is 0 Å². The van der Waals surface area contributed by atoms with Crippen LogP contribution in [0.4, 0.5) is 11.4 Å². The van der Waals surface area contributed by atoms with E-state index in [0.29, 0.717) is 6.54 Å². The molecule has 0 aromatic heterocycles. The molecule has 0 aliphatic carbocycles. The van der Waals surface area contributed by atoms with Crippen LogP contribution < -0.4 is 10.2 Å². The van der Waals surface area contributed by atoms with Crippen LogP contribution in [0.15, 0.2) is 40.9 Å². The lowest BCUT2D eigenvalue weighted by atomic mass is 10.1. The van der Waals surface area contributed by atoms with Crippen LogP contribution in [0.5, 0.6) is 0 Å². The highest BCUT2D eigenvalue weighted by Crippen LogP contribution is 2.28. The maximum Gasteiger partial charge on any atom is 0.229 e. The third-order valence-electron chi connectivity index (χ3n) is 4.57. The van der Waals surface area contributed by atoms with Gasteiger partial charge >= 0.3 is 0 Å². The summed E-state index contributed by atoms with van der Waals surface area (Å²) in [4.78, 5) is 26.7. The van der Waals surface area contributed by atoms with Crippen LogP contribution in [0.2, 0.25) is 0 Å². The monoisotopic (exact) mass is 400 g/mol. The van der Waals surface area contributed by atoms with E-state index < -0.39 is 0 Å². The number of benzene rings is 2. The Morgan fingerprint density at radius 3 is 2.64 bits per heavy atom. The summed E-state index contributed by atoms with van der Waals surface area (Å²) < 4.78 is 1.02. The van der Waals surface area contributed by atoms with Crippen molar-refractivity contribution in [3.8, 4) is 0 Å². The van der Waals surface area contributed by atoms with E-state index >= 15 is 0 Å². The van der Waals surface area contributed by atoms with Crippen molar-refractivity contribution in [2.75, 3.05) is 16.8 Å². The maximum atomic E-state index is 12.7. The minimum Gasteiger partial charge on any atom is -0.326 e. The lowest BCUT2D eigenvalue weighted by Crippen LogP contribution is -2.28. The van der Waals surface area contributed by atoms with Crippen LogP contribution in [-0.4, -0.2) is 18.4 Å². The predicted octanol–water partition coefficient (Wildman–Crippen LogP) is 4.37. The molecular formula is C20H21BrN2O2. The highest BCUT2D eigenvalue weighted by molar-refractivity contribution is 9.10. The van der Waals surface area contributed by atoms with Gasteiger partial charge in [0.05, 0.1) is 5.92 Å². The van der Waals surface area contributed by atoms with Crippen molar-refractivity contribution in [2.24, 2.45) is 5.92 Å². The minimum absolute atomic E-state index is 0.00513. The van der Waals surface area contributed by atoms with Gasteiger partial charge in [0.1, 0.15) is 0 Å². The van der Waals surface area contributed by atoms with Gasteiger partial charge in [0.2, 0.25) is 11.8 Å². The number of anilines is 2. The Balaban J connectivity index is 1.74. The first-order chi connectivity index (χ1) is 11.8. The van der Waals surface area contributed by atoms with Gasteiger partial charge in [-0.2, -0.15) is 0 Å². The third-order valence-corrected chi connectivity index (χ3v) is 5.43. The van der Waals surface area contributed by atoms with E-state index in [0.717, 1.165) is 32.5 Å². The molecule has 0 saturated carbocycles. The summed E-state index contributed by atoms with van der Waals surface area (Å²) in [6, 6.07) is 11.7. The third kappa shape index (κ3) is 3.76. The SMILES string of the molecule is Cc1cccc(N2C[C@@H](C(=O)Nc3cc(C)c(Br)cc3C)CC2=O)c1. The fourth-order valence-corrected chi connectivity index (χ4v) is 3.54. The molecule has 1 atom stereocenters. The summed E-state index contributed by atoms with van der Waals surface area (Å²) in [6.07, 6.45) is 0.244. The van der Waals surface area contributed by atoms with Crippen molar-refractivity contribution in [2.45, 2.75) is 27.2 Å². The van der Waals surface area contributed by atoms with E-state index in [1.54, 1.807) is 4.90 Å². The number of halogens is 1. The zero-order chi connectivity index (χ0) is 18.1. The topological polar surface area (TPSA) is 49.4 Å². The van der Waals surface area contributed by atoms with Crippen molar-refractivity contribution < 1.29 is 9.59 Å². The molecule has 4 nitrogen and oxygen atoms in total. The van der Waals surface area contributed by atoms with Crippen molar-refractivity contribution >= 4 is 39.1 Å². The Bertz CT molecular complexity index is 848. The zero-order valence-corrected chi connectivity index (χ0v) is 16.2. The molecule has 5 heteroatoms. The number of nitrogens with one attached hydrogen (secondary N) is 1. The summed E-state index contributed by atoms with van der Waals surface area (Å²) in [7, 11) is 0. The van der Waals surface area contributed by atoms with Crippen molar-refractivity contribution in [3.05, 3.63) is 57.6 Å². The molecule has 2 aromatic carbocycles. The van der Waals surface area contributed by atoms with E-state index in [1.165, 1.54) is 0 Å². The van der Waals surface area contributed by atoms with Gasteiger partial charge in [-0.15, -0.1) is 0 Å². The van der Waals surface area contributed by atoms with E-state index in [9.17, 15) is 9.59 Å². The summed E-state index contributed by atoms with van der Waals surface area (Å²) >= 11 is 3.50. The number of rotatable bonds is 3. The average Bonchev–Trinajstić information content (AvgIpc) is 2.94. The zero-order valence-electron chi connectivity index (χ0n) is 14.6. The molecule has 1 aliphatic rings. The van der Waals surface area contributed by atoms with Crippen molar-refractivity contribution in [1.29, 1.82) is 0 Å². The molecule has 130 valence electrons. The second-order valence-corrected chi connectivity index (χ2v) is 7.50. The van der Waals surface area contributed by atoms with E-state index in [-0.39, 0.29) is 24.2 Å². The van der Waals surface area contributed by atoms with Gasteiger partial charge in [0, 0.05) is 28.8 Å². The Morgan fingerprint density at radius 2 is 1.92 bits per heavy atom. The minimum atomic E-state index is -0.337. The molecule has 1 saturated heterocycles. The highest BCUT2D eigenvalue weighted by atomic mass is 79.9. The standard InChI is InChI=1S/C20H21BrN2O2/c1-12-5-4-6-16(7-12)23-11-15(10-19(23)24)20(25)22-18-9-13(2)17(21)8-14(18)3/h4-9,15H,10-11H2,1-3H3,(H,22,25)/t15-/m0/s1. The first-order valence-electron chi connectivity index (χ1n) is 8.30. The number of aryl methyl sites for hydroxylation is 3. The molecule has 3 rings (SSSR count). The van der Waals surface area contributed by atoms with E-state index in [2.05, 4.69) is 21.2 Å². The number of carbonyl (C=O) groups excluding carboxylic acids is 2. The largest absolute Gasteiger partial charge is 0.326 e. The second kappa shape index (κ2) is 7.00. The maximum absolute atomic E-state index is 12.7. The molecule has 1 fully saturated rings. The molecule has 2 amide bonds. The molecule has 0 radical (unpaired) electrons. The lowest BCUT2D eigenvalue weighted by molar-refractivity contribution is -0.122. The quantitative estimate of drug-likeness (QED) is 0.831. The van der Waals surface area contributed by atoms with Crippen LogP contribution in [-0.2, 0) is 9.59 Å². The number of carbonyl (C=O) groups is 2. The Labute approximate surface area is 156 Å². The average molecular weight is 401 g/mol. The van der Waals surface area contributed by atoms with E-state index in [4.69, 9.17) is 0 Å². The molecule has 0 unspecified atom stereocenters. The summed E-state index contributed by atoms with van der Waals surface area (Å²) in [5, 5.41) is 2.99. The Hall–Kier alpha value is -2.14. The molecule has 1 heterocycles.